The van der Waals surface area contributed by atoms with Gasteiger partial charge >= 0.3 is 0 Å². The van der Waals surface area contributed by atoms with Gasteiger partial charge < -0.3 is 0 Å². The molecule has 1 aromatic rings. The van der Waals surface area contributed by atoms with Crippen molar-refractivity contribution in [1.82, 2.24) is 0 Å². The van der Waals surface area contributed by atoms with Crippen molar-refractivity contribution in [2.45, 2.75) is 41.0 Å². The number of carbonyl (C=O) groups is 1. The van der Waals surface area contributed by atoms with Crippen LogP contribution in [0.15, 0.2) is 0 Å². The monoisotopic (exact) mass is 238 g/mol. The van der Waals surface area contributed by atoms with Crippen molar-refractivity contribution in [2.24, 2.45) is 0 Å². The molecule has 0 saturated carbocycles. The van der Waals surface area contributed by atoms with Gasteiger partial charge in [-0.05, 0) is 62.4 Å². The van der Waals surface area contributed by atoms with Gasteiger partial charge in [0.05, 0.1) is 0 Å². The maximum Gasteiger partial charge on any atom is 0.164 e. The molecule has 0 aliphatic heterocycles. The normalized spacial score (nSPS) is 10.6. The summed E-state index contributed by atoms with van der Waals surface area (Å²) >= 11 is 5.64. The molecular weight excluding hydrogens is 220 g/mol. The number of rotatable bonds is 3. The van der Waals surface area contributed by atoms with Crippen molar-refractivity contribution in [1.29, 1.82) is 0 Å². The number of hydrogen-bond donors (Lipinski definition) is 0. The molecule has 0 bridgehead atoms. The van der Waals surface area contributed by atoms with Crippen LogP contribution >= 0.6 is 11.6 Å². The smallest absolute Gasteiger partial charge is 0.164 e. The predicted octanol–water partition coefficient (Wildman–Crippen LogP) is 4.04. The van der Waals surface area contributed by atoms with Crippen LogP contribution in [0.2, 0.25) is 0 Å². The van der Waals surface area contributed by atoms with E-state index in [0.717, 1.165) is 16.7 Å². The quantitative estimate of drug-likeness (QED) is 0.574. The third-order valence-corrected chi connectivity index (χ3v) is 3.79. The van der Waals surface area contributed by atoms with Crippen LogP contribution in [0.4, 0.5) is 0 Å². The van der Waals surface area contributed by atoms with Gasteiger partial charge in [0.15, 0.2) is 5.78 Å². The summed E-state index contributed by atoms with van der Waals surface area (Å²) in [5.74, 6) is 0.556. The molecule has 2 heteroatoms. The Balaban J connectivity index is 3.45. The highest BCUT2D eigenvalue weighted by Crippen LogP contribution is 2.26. The molecule has 16 heavy (non-hydrogen) atoms. The molecule has 0 radical (unpaired) electrons. The number of carbonyl (C=O) groups excluding carboxylic acids is 1. The number of benzene rings is 1. The Morgan fingerprint density at radius 3 is 1.62 bits per heavy atom. The van der Waals surface area contributed by atoms with Gasteiger partial charge in [-0.25, -0.2) is 0 Å². The first-order valence-electron chi connectivity index (χ1n) is 5.57. The van der Waals surface area contributed by atoms with Gasteiger partial charge in [0.1, 0.15) is 0 Å². The molecule has 1 aromatic carbocycles. The van der Waals surface area contributed by atoms with E-state index in [2.05, 4.69) is 20.8 Å². The Kier molecular flexibility index (Phi) is 4.15. The van der Waals surface area contributed by atoms with Crippen LogP contribution in [0.3, 0.4) is 0 Å². The Morgan fingerprint density at radius 1 is 0.875 bits per heavy atom. The Morgan fingerprint density at radius 2 is 1.25 bits per heavy atom. The average Bonchev–Trinajstić information content (AvgIpc) is 2.24. The molecule has 1 nitrogen and oxygen atoms in total. The summed E-state index contributed by atoms with van der Waals surface area (Å²) in [4.78, 5) is 12.0. The molecule has 0 amide bonds. The summed E-state index contributed by atoms with van der Waals surface area (Å²) in [6.07, 6.45) is 0.422. The third-order valence-electron chi connectivity index (χ3n) is 3.60. The van der Waals surface area contributed by atoms with Crippen molar-refractivity contribution in [2.75, 3.05) is 5.88 Å². The number of hydrogen-bond acceptors (Lipinski definition) is 1. The van der Waals surface area contributed by atoms with Crippen LogP contribution in [0, 0.1) is 34.6 Å². The van der Waals surface area contributed by atoms with Gasteiger partial charge in [-0.2, -0.15) is 0 Å². The molecule has 0 atom stereocenters. The third kappa shape index (κ3) is 2.15. The van der Waals surface area contributed by atoms with Gasteiger partial charge in [-0.1, -0.05) is 0 Å². The number of Topliss-reactive ketones (excluding diaryl/α,β-unsaturated/α-hetero) is 1. The zero-order valence-electron chi connectivity index (χ0n) is 10.7. The van der Waals surface area contributed by atoms with Crippen molar-refractivity contribution < 1.29 is 4.79 Å². The number of alkyl halides is 1. The molecular formula is C14H19ClO. The largest absolute Gasteiger partial charge is 0.294 e. The van der Waals surface area contributed by atoms with E-state index in [0.29, 0.717) is 12.3 Å². The highest BCUT2D eigenvalue weighted by atomic mass is 35.5. The van der Waals surface area contributed by atoms with Gasteiger partial charge in [0.25, 0.3) is 0 Å². The summed E-state index contributed by atoms with van der Waals surface area (Å²) in [6.45, 7) is 10.3. The van der Waals surface area contributed by atoms with E-state index in [1.807, 2.05) is 13.8 Å². The minimum Gasteiger partial charge on any atom is -0.294 e. The maximum absolute atomic E-state index is 12.0. The van der Waals surface area contributed by atoms with Gasteiger partial charge in [0, 0.05) is 17.9 Å². The van der Waals surface area contributed by atoms with E-state index in [9.17, 15) is 4.79 Å². The van der Waals surface area contributed by atoms with Crippen molar-refractivity contribution in [3.8, 4) is 0 Å². The fourth-order valence-electron chi connectivity index (χ4n) is 2.13. The molecule has 0 aliphatic carbocycles. The van der Waals surface area contributed by atoms with Crippen molar-refractivity contribution in [3.63, 3.8) is 0 Å². The van der Waals surface area contributed by atoms with Crippen molar-refractivity contribution in [3.05, 3.63) is 33.4 Å². The molecule has 1 rings (SSSR count). The van der Waals surface area contributed by atoms with Gasteiger partial charge in [0.2, 0.25) is 0 Å². The summed E-state index contributed by atoms with van der Waals surface area (Å²) in [5.41, 5.74) is 6.83. The molecule has 0 aliphatic rings. The molecule has 88 valence electrons. The van der Waals surface area contributed by atoms with E-state index in [4.69, 9.17) is 11.6 Å². The summed E-state index contributed by atoms with van der Waals surface area (Å²) in [6, 6.07) is 0. The van der Waals surface area contributed by atoms with Gasteiger partial charge in [-0.3, -0.25) is 4.79 Å². The highest BCUT2D eigenvalue weighted by molar-refractivity contribution is 6.19. The Bertz CT molecular complexity index is 404. The molecule has 0 heterocycles. The Hall–Kier alpha value is -0.820. The van der Waals surface area contributed by atoms with E-state index < -0.39 is 0 Å². The van der Waals surface area contributed by atoms with Crippen LogP contribution in [0.1, 0.15) is 44.6 Å². The molecule has 0 N–H and O–H groups in total. The molecule has 0 aromatic heterocycles. The van der Waals surface area contributed by atoms with Crippen LogP contribution in [0.5, 0.6) is 0 Å². The second-order valence-corrected chi connectivity index (χ2v) is 4.74. The summed E-state index contributed by atoms with van der Waals surface area (Å²) in [7, 11) is 0. The summed E-state index contributed by atoms with van der Waals surface area (Å²) < 4.78 is 0. The molecule has 0 saturated heterocycles. The van der Waals surface area contributed by atoms with E-state index in [1.165, 1.54) is 16.7 Å². The number of halogens is 1. The fourth-order valence-corrected chi connectivity index (χ4v) is 2.30. The topological polar surface area (TPSA) is 17.1 Å². The number of ketones is 1. The Labute approximate surface area is 103 Å². The second kappa shape index (κ2) is 5.01. The lowest BCUT2D eigenvalue weighted by Gasteiger charge is -2.17. The minimum atomic E-state index is 0.163. The van der Waals surface area contributed by atoms with Gasteiger partial charge in [-0.15, -0.1) is 11.6 Å². The van der Waals surface area contributed by atoms with Crippen molar-refractivity contribution >= 4 is 17.4 Å². The lowest BCUT2D eigenvalue weighted by Crippen LogP contribution is -2.09. The lowest BCUT2D eigenvalue weighted by molar-refractivity contribution is 0.0988. The zero-order chi connectivity index (χ0) is 12.5. The van der Waals surface area contributed by atoms with E-state index in [1.54, 1.807) is 0 Å². The van der Waals surface area contributed by atoms with Crippen LogP contribution < -0.4 is 0 Å². The summed E-state index contributed by atoms with van der Waals surface area (Å²) in [5, 5.41) is 0. The molecule has 0 spiro atoms. The first-order chi connectivity index (χ1) is 7.41. The highest BCUT2D eigenvalue weighted by Gasteiger charge is 2.17. The molecule has 0 fully saturated rings. The van der Waals surface area contributed by atoms with Crippen LogP contribution in [-0.2, 0) is 0 Å². The first kappa shape index (κ1) is 13.2. The first-order valence-corrected chi connectivity index (χ1v) is 6.11. The standard InChI is InChI=1S/C14H19ClO/c1-8-9(2)11(4)14(12(5)10(8)3)13(16)6-7-15/h6-7H2,1-5H3. The van der Waals surface area contributed by atoms with Crippen LogP contribution in [-0.4, -0.2) is 11.7 Å². The molecule has 0 unspecified atom stereocenters. The predicted molar refractivity (Wildman–Crippen MR) is 69.8 cm³/mol. The fraction of sp³-hybridized carbons (Fsp3) is 0.500. The average molecular weight is 239 g/mol. The SMILES string of the molecule is Cc1c(C)c(C)c(C(=O)CCCl)c(C)c1C. The maximum atomic E-state index is 12.0. The van der Waals surface area contributed by atoms with E-state index in [-0.39, 0.29) is 5.78 Å². The van der Waals surface area contributed by atoms with Crippen LogP contribution in [0.25, 0.3) is 0 Å². The minimum absolute atomic E-state index is 0.163. The van der Waals surface area contributed by atoms with E-state index >= 15 is 0 Å². The zero-order valence-corrected chi connectivity index (χ0v) is 11.5. The second-order valence-electron chi connectivity index (χ2n) is 4.36. The lowest BCUT2D eigenvalue weighted by atomic mass is 9.87.